The Morgan fingerprint density at radius 2 is 1.81 bits per heavy atom. The molecule has 3 aromatic heterocycles. The van der Waals surface area contributed by atoms with E-state index in [1.165, 1.54) is 36.4 Å². The van der Waals surface area contributed by atoms with E-state index >= 15 is 0 Å². The highest BCUT2D eigenvalue weighted by atomic mass is 19.4. The standard InChI is InChI=1S/C31H34F3N9O4/c1-17-15-42(29(45)46)10-11-43(17)20-7-9-24(35-14-20)39-25-13-23(36-16-37-25)19-6-8-21(22(12-19)31(32,33)34)18(2)38-26(44)27-40-28(41-47-27)30(3,4)5/h6-9,12-14,16-18H,10-11,15H2,1-5H3,(H,38,44)(H,45,46)(H,35,36,37,39)/t17-,18+/m0/s1. The van der Waals surface area contributed by atoms with Gasteiger partial charge in [-0.2, -0.15) is 18.2 Å². The van der Waals surface area contributed by atoms with Crippen molar-refractivity contribution in [2.24, 2.45) is 0 Å². The number of carbonyl (C=O) groups is 2. The van der Waals surface area contributed by atoms with Crippen LogP contribution in [0.2, 0.25) is 0 Å². The summed E-state index contributed by atoms with van der Waals surface area (Å²) in [4.78, 5) is 44.3. The van der Waals surface area contributed by atoms with Crippen molar-refractivity contribution in [3.8, 4) is 11.3 Å². The number of anilines is 3. The summed E-state index contributed by atoms with van der Waals surface area (Å²) in [6.45, 7) is 10.2. The molecule has 2 atom stereocenters. The molecule has 13 nitrogen and oxygen atoms in total. The predicted octanol–water partition coefficient (Wildman–Crippen LogP) is 5.66. The topological polar surface area (TPSA) is 162 Å². The summed E-state index contributed by atoms with van der Waals surface area (Å²) in [5, 5.41) is 18.6. The normalized spacial score (nSPS) is 16.1. The summed E-state index contributed by atoms with van der Waals surface area (Å²) in [6, 6.07) is 7.77. The van der Waals surface area contributed by atoms with E-state index in [-0.39, 0.29) is 28.8 Å². The number of hydrogen-bond acceptors (Lipinski definition) is 10. The van der Waals surface area contributed by atoms with Gasteiger partial charge in [0.25, 0.3) is 0 Å². The van der Waals surface area contributed by atoms with Gasteiger partial charge in [0.2, 0.25) is 0 Å². The van der Waals surface area contributed by atoms with Crippen molar-refractivity contribution in [1.82, 2.24) is 35.3 Å². The third-order valence-electron chi connectivity index (χ3n) is 7.66. The van der Waals surface area contributed by atoms with Crippen molar-refractivity contribution in [3.05, 3.63) is 71.8 Å². The molecule has 1 aliphatic heterocycles. The second-order valence-corrected chi connectivity index (χ2v) is 12.3. The number of nitrogens with zero attached hydrogens (tertiary/aromatic N) is 7. The first-order valence-electron chi connectivity index (χ1n) is 14.8. The largest absolute Gasteiger partial charge is 0.465 e. The molecule has 1 aliphatic rings. The fourth-order valence-electron chi connectivity index (χ4n) is 5.15. The average molecular weight is 654 g/mol. The van der Waals surface area contributed by atoms with Crippen LogP contribution < -0.4 is 15.5 Å². The number of benzene rings is 1. The molecule has 0 aliphatic carbocycles. The molecule has 0 saturated carbocycles. The van der Waals surface area contributed by atoms with Crippen LogP contribution in [0.25, 0.3) is 11.3 Å². The Bertz CT molecular complexity index is 1760. The quantitative estimate of drug-likeness (QED) is 0.226. The maximum absolute atomic E-state index is 14.3. The molecule has 2 amide bonds. The number of rotatable bonds is 7. The lowest BCUT2D eigenvalue weighted by molar-refractivity contribution is -0.138. The third-order valence-corrected chi connectivity index (χ3v) is 7.66. The van der Waals surface area contributed by atoms with Crippen LogP contribution in [-0.2, 0) is 11.6 Å². The zero-order valence-electron chi connectivity index (χ0n) is 26.3. The highest BCUT2D eigenvalue weighted by molar-refractivity contribution is 5.89. The molecule has 47 heavy (non-hydrogen) atoms. The van der Waals surface area contributed by atoms with Crippen LogP contribution in [0.15, 0.2) is 53.4 Å². The highest BCUT2D eigenvalue weighted by Crippen LogP contribution is 2.37. The van der Waals surface area contributed by atoms with Gasteiger partial charge in [-0.3, -0.25) is 4.79 Å². The zero-order valence-corrected chi connectivity index (χ0v) is 26.3. The van der Waals surface area contributed by atoms with Crippen LogP contribution in [0.3, 0.4) is 0 Å². The maximum atomic E-state index is 14.3. The van der Waals surface area contributed by atoms with Gasteiger partial charge < -0.3 is 30.1 Å². The first-order valence-corrected chi connectivity index (χ1v) is 14.8. The molecule has 1 fully saturated rings. The van der Waals surface area contributed by atoms with E-state index in [4.69, 9.17) is 4.52 Å². The Morgan fingerprint density at radius 1 is 1.04 bits per heavy atom. The molecule has 1 saturated heterocycles. The zero-order chi connectivity index (χ0) is 34.1. The van der Waals surface area contributed by atoms with Crippen molar-refractivity contribution in [1.29, 1.82) is 0 Å². The van der Waals surface area contributed by atoms with Crippen LogP contribution in [0.4, 0.5) is 35.3 Å². The van der Waals surface area contributed by atoms with E-state index < -0.39 is 35.2 Å². The second-order valence-electron chi connectivity index (χ2n) is 12.3. The van der Waals surface area contributed by atoms with E-state index in [2.05, 4.69) is 40.6 Å². The molecular formula is C31H34F3N9O4. The minimum Gasteiger partial charge on any atom is -0.465 e. The van der Waals surface area contributed by atoms with Gasteiger partial charge in [0.1, 0.15) is 18.0 Å². The van der Waals surface area contributed by atoms with Gasteiger partial charge in [-0.1, -0.05) is 38.1 Å². The van der Waals surface area contributed by atoms with Crippen molar-refractivity contribution < 1.29 is 32.4 Å². The summed E-state index contributed by atoms with van der Waals surface area (Å²) in [6.07, 6.45) is -2.78. The molecule has 3 N–H and O–H groups in total. The Kier molecular flexibility index (Phi) is 9.04. The first kappa shape index (κ1) is 33.1. The molecule has 0 bridgehead atoms. The summed E-state index contributed by atoms with van der Waals surface area (Å²) < 4.78 is 47.8. The fraction of sp³-hybridized carbons (Fsp3) is 0.387. The molecule has 5 rings (SSSR count). The summed E-state index contributed by atoms with van der Waals surface area (Å²) in [5.41, 5.74) is -0.319. The molecule has 0 spiro atoms. The Hall–Kier alpha value is -5.28. The average Bonchev–Trinajstić information content (AvgIpc) is 3.53. The lowest BCUT2D eigenvalue weighted by Gasteiger charge is -2.39. The number of carboxylic acid groups (broad SMARTS) is 1. The van der Waals surface area contributed by atoms with E-state index in [0.717, 1.165) is 11.8 Å². The number of aromatic nitrogens is 5. The lowest BCUT2D eigenvalue weighted by atomic mass is 9.96. The SMILES string of the molecule is C[C@@H](NC(=O)c1nc(C(C)(C)C)no1)c1ccc(-c2cc(Nc3ccc(N4CCN(C(=O)O)C[C@@H]4C)cn3)ncn2)cc1C(F)(F)F. The molecule has 16 heteroatoms. The van der Waals surface area contributed by atoms with Crippen LogP contribution in [0.5, 0.6) is 0 Å². The van der Waals surface area contributed by atoms with Gasteiger partial charge in [0, 0.05) is 42.7 Å². The number of halogens is 3. The number of piperazine rings is 1. The smallest absolute Gasteiger partial charge is 0.416 e. The van der Waals surface area contributed by atoms with Gasteiger partial charge in [0.05, 0.1) is 29.2 Å². The Balaban J connectivity index is 1.31. The van der Waals surface area contributed by atoms with Crippen LogP contribution in [0, 0.1) is 0 Å². The van der Waals surface area contributed by atoms with E-state index in [0.29, 0.717) is 37.1 Å². The number of amides is 2. The molecule has 248 valence electrons. The number of nitrogens with one attached hydrogen (secondary N) is 2. The summed E-state index contributed by atoms with van der Waals surface area (Å²) in [5.74, 6) is -0.0792. The summed E-state index contributed by atoms with van der Waals surface area (Å²) in [7, 11) is 0. The van der Waals surface area contributed by atoms with Crippen molar-refractivity contribution in [2.45, 2.75) is 58.3 Å². The molecule has 0 radical (unpaired) electrons. The van der Waals surface area contributed by atoms with E-state index in [1.807, 2.05) is 33.8 Å². The molecule has 1 aromatic carbocycles. The van der Waals surface area contributed by atoms with Crippen LogP contribution in [-0.4, -0.2) is 72.8 Å². The fourth-order valence-corrected chi connectivity index (χ4v) is 5.15. The number of pyridine rings is 1. The maximum Gasteiger partial charge on any atom is 0.416 e. The monoisotopic (exact) mass is 653 g/mol. The van der Waals surface area contributed by atoms with E-state index in [9.17, 15) is 27.9 Å². The first-order chi connectivity index (χ1) is 22.1. The molecule has 4 heterocycles. The van der Waals surface area contributed by atoms with E-state index in [1.54, 1.807) is 12.3 Å². The molecular weight excluding hydrogens is 619 g/mol. The van der Waals surface area contributed by atoms with Crippen molar-refractivity contribution >= 4 is 29.3 Å². The van der Waals surface area contributed by atoms with Gasteiger partial charge in [-0.25, -0.2) is 19.7 Å². The van der Waals surface area contributed by atoms with Gasteiger partial charge in [0.15, 0.2) is 5.82 Å². The van der Waals surface area contributed by atoms with Crippen molar-refractivity contribution in [3.63, 3.8) is 0 Å². The second kappa shape index (κ2) is 12.8. The van der Waals surface area contributed by atoms with Gasteiger partial charge >= 0.3 is 24.1 Å². The minimum absolute atomic E-state index is 0.0379. The van der Waals surface area contributed by atoms with Crippen LogP contribution in [0.1, 0.15) is 68.3 Å². The predicted molar refractivity (Wildman–Crippen MR) is 165 cm³/mol. The van der Waals surface area contributed by atoms with Crippen molar-refractivity contribution in [2.75, 3.05) is 29.9 Å². The van der Waals surface area contributed by atoms with Crippen LogP contribution >= 0.6 is 0 Å². The third kappa shape index (κ3) is 7.58. The molecule has 0 unspecified atom stereocenters. The Morgan fingerprint density at radius 3 is 2.43 bits per heavy atom. The van der Waals surface area contributed by atoms with Gasteiger partial charge in [-0.05, 0) is 37.6 Å². The molecule has 4 aromatic rings. The highest BCUT2D eigenvalue weighted by Gasteiger charge is 2.36. The minimum atomic E-state index is -4.73. The Labute approximate surface area is 268 Å². The van der Waals surface area contributed by atoms with Gasteiger partial charge in [-0.15, -0.1) is 0 Å². The number of carbonyl (C=O) groups excluding carboxylic acids is 1. The lowest BCUT2D eigenvalue weighted by Crippen LogP contribution is -2.53. The number of alkyl halides is 3. The summed E-state index contributed by atoms with van der Waals surface area (Å²) >= 11 is 0. The number of hydrogen-bond donors (Lipinski definition) is 3.